The highest BCUT2D eigenvalue weighted by Crippen LogP contribution is 2.27. The second-order valence-corrected chi connectivity index (χ2v) is 8.36. The first kappa shape index (κ1) is 18.2. The lowest BCUT2D eigenvalue weighted by atomic mass is 10.2. The Morgan fingerprint density at radius 3 is 2.40 bits per heavy atom. The van der Waals surface area contributed by atoms with Gasteiger partial charge in [-0.15, -0.1) is 0 Å². The van der Waals surface area contributed by atoms with E-state index in [1.54, 1.807) is 0 Å². The van der Waals surface area contributed by atoms with Gasteiger partial charge in [-0.05, 0) is 43.2 Å². The first-order valence-corrected chi connectivity index (χ1v) is 9.85. The Kier molecular flexibility index (Phi) is 5.34. The predicted octanol–water partition coefficient (Wildman–Crippen LogP) is 4.00. The number of sulfonamides is 1. The summed E-state index contributed by atoms with van der Waals surface area (Å²) in [6.07, 6.45) is 1.69. The molecule has 0 aromatic heterocycles. The van der Waals surface area contributed by atoms with Gasteiger partial charge in [0, 0.05) is 19.2 Å². The minimum absolute atomic E-state index is 0.0815. The largest absolute Gasteiger partial charge is 0.423 e. The summed E-state index contributed by atoms with van der Waals surface area (Å²) < 4.78 is 31.8. The summed E-state index contributed by atoms with van der Waals surface area (Å²) >= 11 is 11.7. The van der Waals surface area contributed by atoms with Gasteiger partial charge in [0.15, 0.2) is 0 Å². The van der Waals surface area contributed by atoms with Crippen LogP contribution in [0.2, 0.25) is 10.0 Å². The van der Waals surface area contributed by atoms with Crippen LogP contribution in [0, 0.1) is 0 Å². The fraction of sp³-hybridized carbons (Fsp3) is 0.235. The molecule has 0 amide bonds. The SMILES string of the molecule is O=C(Oc1ccc(Cl)c(Cl)c1)c1cccc(S(=O)(=O)N2CCCC2)c1. The monoisotopic (exact) mass is 399 g/mol. The summed E-state index contributed by atoms with van der Waals surface area (Å²) in [6, 6.07) is 10.3. The smallest absolute Gasteiger partial charge is 0.343 e. The highest BCUT2D eigenvalue weighted by molar-refractivity contribution is 7.89. The molecule has 25 heavy (non-hydrogen) atoms. The van der Waals surface area contributed by atoms with Gasteiger partial charge < -0.3 is 4.74 Å². The van der Waals surface area contributed by atoms with E-state index in [-0.39, 0.29) is 21.2 Å². The molecule has 0 aliphatic carbocycles. The van der Waals surface area contributed by atoms with E-state index in [1.807, 2.05) is 0 Å². The molecule has 1 aliphatic heterocycles. The normalized spacial score (nSPS) is 15.3. The predicted molar refractivity (Wildman–Crippen MR) is 95.9 cm³/mol. The highest BCUT2D eigenvalue weighted by Gasteiger charge is 2.27. The van der Waals surface area contributed by atoms with Crippen LogP contribution in [0.15, 0.2) is 47.4 Å². The van der Waals surface area contributed by atoms with Gasteiger partial charge in [0.2, 0.25) is 10.0 Å². The average molecular weight is 400 g/mol. The summed E-state index contributed by atoms with van der Waals surface area (Å²) in [6.45, 7) is 1.00. The van der Waals surface area contributed by atoms with Crippen LogP contribution in [0.25, 0.3) is 0 Å². The van der Waals surface area contributed by atoms with E-state index in [4.69, 9.17) is 27.9 Å². The number of rotatable bonds is 4. The Bertz CT molecular complexity index is 909. The van der Waals surface area contributed by atoms with Gasteiger partial charge >= 0.3 is 5.97 Å². The van der Waals surface area contributed by atoms with Gasteiger partial charge in [-0.3, -0.25) is 0 Å². The standard InChI is InChI=1S/C17H15Cl2NO4S/c18-15-7-6-13(11-16(15)19)24-17(21)12-4-3-5-14(10-12)25(22,23)20-8-1-2-9-20/h3-7,10-11H,1-2,8-9H2. The fourth-order valence-electron chi connectivity index (χ4n) is 2.57. The fourth-order valence-corrected chi connectivity index (χ4v) is 4.42. The van der Waals surface area contributed by atoms with Crippen LogP contribution in [-0.2, 0) is 10.0 Å². The first-order valence-electron chi connectivity index (χ1n) is 7.65. The molecule has 3 rings (SSSR count). The number of benzene rings is 2. The molecule has 2 aromatic rings. The third-order valence-electron chi connectivity index (χ3n) is 3.87. The molecular formula is C17H15Cl2NO4S. The van der Waals surface area contributed by atoms with Crippen LogP contribution in [0.1, 0.15) is 23.2 Å². The van der Waals surface area contributed by atoms with Gasteiger partial charge in [-0.2, -0.15) is 4.31 Å². The maximum Gasteiger partial charge on any atom is 0.343 e. The van der Waals surface area contributed by atoms with Crippen LogP contribution < -0.4 is 4.74 Å². The minimum atomic E-state index is -3.59. The molecule has 0 N–H and O–H groups in total. The molecule has 1 saturated heterocycles. The number of carbonyl (C=O) groups excluding carboxylic acids is 1. The Morgan fingerprint density at radius 2 is 1.72 bits per heavy atom. The second kappa shape index (κ2) is 7.33. The van der Waals surface area contributed by atoms with Crippen molar-refractivity contribution in [2.24, 2.45) is 0 Å². The summed E-state index contributed by atoms with van der Waals surface area (Å²) in [5.74, 6) is -0.441. The Morgan fingerprint density at radius 1 is 1.00 bits per heavy atom. The zero-order chi connectivity index (χ0) is 18.0. The molecule has 0 spiro atoms. The number of hydrogen-bond donors (Lipinski definition) is 0. The van der Waals surface area contributed by atoms with Gasteiger partial charge in [0.25, 0.3) is 0 Å². The second-order valence-electron chi connectivity index (χ2n) is 5.60. The summed E-state index contributed by atoms with van der Waals surface area (Å²) in [4.78, 5) is 12.4. The quantitative estimate of drug-likeness (QED) is 0.575. The summed E-state index contributed by atoms with van der Waals surface area (Å²) in [5, 5.41) is 0.609. The maximum absolute atomic E-state index is 12.6. The molecule has 0 saturated carbocycles. The van der Waals surface area contributed by atoms with Gasteiger partial charge in [-0.1, -0.05) is 29.3 Å². The molecule has 0 unspecified atom stereocenters. The van der Waals surface area contributed by atoms with Crippen molar-refractivity contribution >= 4 is 39.2 Å². The van der Waals surface area contributed by atoms with Crippen molar-refractivity contribution in [3.05, 3.63) is 58.1 Å². The lowest BCUT2D eigenvalue weighted by Gasteiger charge is -2.15. The van der Waals surface area contributed by atoms with Crippen LogP contribution >= 0.6 is 23.2 Å². The Balaban J connectivity index is 1.83. The molecule has 5 nitrogen and oxygen atoms in total. The zero-order valence-corrected chi connectivity index (χ0v) is 15.4. The molecule has 2 aromatic carbocycles. The zero-order valence-electron chi connectivity index (χ0n) is 13.1. The number of halogens is 2. The van der Waals surface area contributed by atoms with E-state index >= 15 is 0 Å². The topological polar surface area (TPSA) is 63.7 Å². The van der Waals surface area contributed by atoms with Crippen LogP contribution in [0.3, 0.4) is 0 Å². The third-order valence-corrected chi connectivity index (χ3v) is 6.51. The Hall–Kier alpha value is -1.60. The molecule has 0 radical (unpaired) electrons. The van der Waals surface area contributed by atoms with E-state index in [2.05, 4.69) is 0 Å². The average Bonchev–Trinajstić information content (AvgIpc) is 3.14. The molecule has 1 fully saturated rings. The molecule has 0 bridgehead atoms. The number of esters is 1. The number of hydrogen-bond acceptors (Lipinski definition) is 4. The highest BCUT2D eigenvalue weighted by atomic mass is 35.5. The van der Waals surface area contributed by atoms with Crippen molar-refractivity contribution in [3.63, 3.8) is 0 Å². The first-order chi connectivity index (χ1) is 11.9. The van der Waals surface area contributed by atoms with Crippen LogP contribution in [0.5, 0.6) is 5.75 Å². The van der Waals surface area contributed by atoms with Crippen molar-refractivity contribution in [1.82, 2.24) is 4.31 Å². The van der Waals surface area contributed by atoms with E-state index in [1.165, 1.54) is 46.8 Å². The molecule has 8 heteroatoms. The van der Waals surface area contributed by atoms with Crippen molar-refractivity contribution < 1.29 is 17.9 Å². The van der Waals surface area contributed by atoms with Crippen molar-refractivity contribution in [2.45, 2.75) is 17.7 Å². The van der Waals surface area contributed by atoms with Crippen molar-refractivity contribution in [3.8, 4) is 5.75 Å². The van der Waals surface area contributed by atoms with Crippen LogP contribution in [-0.4, -0.2) is 31.8 Å². The van der Waals surface area contributed by atoms with Crippen LogP contribution in [0.4, 0.5) is 0 Å². The number of ether oxygens (including phenoxy) is 1. The van der Waals surface area contributed by atoms with Crippen molar-refractivity contribution in [2.75, 3.05) is 13.1 Å². The van der Waals surface area contributed by atoms with Gasteiger partial charge in [0.05, 0.1) is 20.5 Å². The maximum atomic E-state index is 12.6. The van der Waals surface area contributed by atoms with Crippen molar-refractivity contribution in [1.29, 1.82) is 0 Å². The van der Waals surface area contributed by atoms with E-state index < -0.39 is 16.0 Å². The molecule has 1 heterocycles. The Labute approximate surface area is 156 Å². The summed E-state index contributed by atoms with van der Waals surface area (Å²) in [7, 11) is -3.59. The molecule has 1 aliphatic rings. The lowest BCUT2D eigenvalue weighted by molar-refractivity contribution is 0.0734. The van der Waals surface area contributed by atoms with E-state index in [0.717, 1.165) is 12.8 Å². The number of nitrogens with zero attached hydrogens (tertiary/aromatic N) is 1. The molecule has 0 atom stereocenters. The number of carbonyl (C=O) groups is 1. The minimum Gasteiger partial charge on any atom is -0.423 e. The third kappa shape index (κ3) is 3.98. The molecular weight excluding hydrogens is 385 g/mol. The van der Waals surface area contributed by atoms with E-state index in [9.17, 15) is 13.2 Å². The summed E-state index contributed by atoms with van der Waals surface area (Å²) in [5.41, 5.74) is 0.145. The van der Waals surface area contributed by atoms with E-state index in [0.29, 0.717) is 18.1 Å². The lowest BCUT2D eigenvalue weighted by Crippen LogP contribution is -2.28. The van der Waals surface area contributed by atoms with Gasteiger partial charge in [0.1, 0.15) is 5.75 Å². The van der Waals surface area contributed by atoms with Gasteiger partial charge in [-0.25, -0.2) is 13.2 Å². The molecule has 132 valence electrons.